The van der Waals surface area contributed by atoms with E-state index in [9.17, 15) is 0 Å². The minimum absolute atomic E-state index is 0.393. The predicted octanol–water partition coefficient (Wildman–Crippen LogP) is 3.58. The zero-order valence-corrected chi connectivity index (χ0v) is 9.23. The average molecular weight is 211 g/mol. The lowest BCUT2D eigenvalue weighted by molar-refractivity contribution is 0.579. The second-order valence-corrected chi connectivity index (χ2v) is 3.62. The summed E-state index contributed by atoms with van der Waals surface area (Å²) in [6.07, 6.45) is 3.00. The third-order valence-corrected chi connectivity index (χ3v) is 2.66. The molecule has 1 heterocycles. The van der Waals surface area contributed by atoms with E-state index in [1.165, 1.54) is 5.56 Å². The minimum atomic E-state index is 0.393. The van der Waals surface area contributed by atoms with Crippen molar-refractivity contribution in [1.29, 1.82) is 5.26 Å². The van der Waals surface area contributed by atoms with E-state index in [1.54, 1.807) is 6.26 Å². The Morgan fingerprint density at radius 3 is 2.75 bits per heavy atom. The first-order valence-corrected chi connectivity index (χ1v) is 5.38. The standard InChI is InChI=1S/C14H13NO/c1-2-11-5-3-4-6-13(11)14-12(7-9-15)8-10-16-14/h3-6,8,10H,2,7H2,1H3. The Morgan fingerprint density at radius 2 is 2.00 bits per heavy atom. The van der Waals surface area contributed by atoms with Gasteiger partial charge in [0, 0.05) is 11.1 Å². The molecule has 0 radical (unpaired) electrons. The fourth-order valence-electron chi connectivity index (χ4n) is 1.85. The van der Waals surface area contributed by atoms with Gasteiger partial charge >= 0.3 is 0 Å². The van der Waals surface area contributed by atoms with Crippen molar-refractivity contribution in [1.82, 2.24) is 0 Å². The number of hydrogen-bond acceptors (Lipinski definition) is 2. The molecule has 0 aliphatic carbocycles. The molecule has 16 heavy (non-hydrogen) atoms. The van der Waals surface area contributed by atoms with E-state index < -0.39 is 0 Å². The monoisotopic (exact) mass is 211 g/mol. The van der Waals surface area contributed by atoms with Crippen molar-refractivity contribution in [2.75, 3.05) is 0 Å². The molecule has 0 bridgehead atoms. The molecule has 0 atom stereocenters. The molecule has 2 rings (SSSR count). The van der Waals surface area contributed by atoms with Gasteiger partial charge in [-0.25, -0.2) is 0 Å². The summed E-state index contributed by atoms with van der Waals surface area (Å²) < 4.78 is 5.49. The highest BCUT2D eigenvalue weighted by molar-refractivity contribution is 5.65. The van der Waals surface area contributed by atoms with E-state index in [4.69, 9.17) is 9.68 Å². The lowest BCUT2D eigenvalue weighted by Gasteiger charge is -2.05. The molecular weight excluding hydrogens is 198 g/mol. The van der Waals surface area contributed by atoms with Crippen LogP contribution in [0, 0.1) is 11.3 Å². The third kappa shape index (κ3) is 1.85. The summed E-state index contributed by atoms with van der Waals surface area (Å²) in [5.74, 6) is 0.832. The summed E-state index contributed by atoms with van der Waals surface area (Å²) in [5, 5.41) is 8.74. The number of hydrogen-bond donors (Lipinski definition) is 0. The molecule has 0 aliphatic heterocycles. The molecule has 2 aromatic rings. The Balaban J connectivity index is 2.50. The maximum absolute atomic E-state index is 8.74. The van der Waals surface area contributed by atoms with Crippen LogP contribution in [0.4, 0.5) is 0 Å². The normalized spacial score (nSPS) is 10.0. The van der Waals surface area contributed by atoms with E-state index >= 15 is 0 Å². The van der Waals surface area contributed by atoms with E-state index in [1.807, 2.05) is 24.3 Å². The van der Waals surface area contributed by atoms with Crippen molar-refractivity contribution in [2.24, 2.45) is 0 Å². The Hall–Kier alpha value is -2.01. The molecule has 0 unspecified atom stereocenters. The van der Waals surface area contributed by atoms with Crippen LogP contribution in [0.3, 0.4) is 0 Å². The lowest BCUT2D eigenvalue weighted by atomic mass is 10.00. The van der Waals surface area contributed by atoms with Crippen LogP contribution < -0.4 is 0 Å². The molecule has 2 nitrogen and oxygen atoms in total. The summed E-state index contributed by atoms with van der Waals surface area (Å²) in [7, 11) is 0. The number of nitrogens with zero attached hydrogens (tertiary/aromatic N) is 1. The zero-order chi connectivity index (χ0) is 11.4. The van der Waals surface area contributed by atoms with Crippen LogP contribution in [-0.2, 0) is 12.8 Å². The molecular formula is C14H13NO. The Morgan fingerprint density at radius 1 is 1.19 bits per heavy atom. The molecule has 0 saturated heterocycles. The maximum Gasteiger partial charge on any atom is 0.138 e. The quantitative estimate of drug-likeness (QED) is 0.778. The molecule has 0 amide bonds. The van der Waals surface area contributed by atoms with Crippen molar-refractivity contribution in [2.45, 2.75) is 19.8 Å². The van der Waals surface area contributed by atoms with Gasteiger partial charge in [-0.05, 0) is 18.1 Å². The number of furan rings is 1. The van der Waals surface area contributed by atoms with Gasteiger partial charge in [0.2, 0.25) is 0 Å². The minimum Gasteiger partial charge on any atom is -0.464 e. The average Bonchev–Trinajstić information content (AvgIpc) is 2.77. The molecule has 2 heteroatoms. The van der Waals surface area contributed by atoms with E-state index in [0.29, 0.717) is 6.42 Å². The summed E-state index contributed by atoms with van der Waals surface area (Å²) in [6.45, 7) is 2.12. The fourth-order valence-corrected chi connectivity index (χ4v) is 1.85. The van der Waals surface area contributed by atoms with Crippen LogP contribution in [0.2, 0.25) is 0 Å². The topological polar surface area (TPSA) is 36.9 Å². The number of nitriles is 1. The van der Waals surface area contributed by atoms with Gasteiger partial charge in [0.05, 0.1) is 18.8 Å². The molecule has 0 spiro atoms. The highest BCUT2D eigenvalue weighted by Gasteiger charge is 2.11. The lowest BCUT2D eigenvalue weighted by Crippen LogP contribution is -1.89. The van der Waals surface area contributed by atoms with Gasteiger partial charge < -0.3 is 4.42 Å². The molecule has 0 aliphatic rings. The highest BCUT2D eigenvalue weighted by atomic mass is 16.3. The summed E-state index contributed by atoms with van der Waals surface area (Å²) in [6, 6.07) is 12.2. The van der Waals surface area contributed by atoms with Crippen LogP contribution in [0.1, 0.15) is 18.1 Å². The molecule has 0 N–H and O–H groups in total. The van der Waals surface area contributed by atoms with Crippen molar-refractivity contribution in [3.8, 4) is 17.4 Å². The molecule has 0 fully saturated rings. The smallest absolute Gasteiger partial charge is 0.138 e. The van der Waals surface area contributed by atoms with E-state index in [2.05, 4.69) is 19.1 Å². The summed E-state index contributed by atoms with van der Waals surface area (Å²) in [4.78, 5) is 0. The second-order valence-electron chi connectivity index (χ2n) is 3.62. The zero-order valence-electron chi connectivity index (χ0n) is 9.23. The van der Waals surface area contributed by atoms with Crippen LogP contribution in [0.5, 0.6) is 0 Å². The molecule has 80 valence electrons. The van der Waals surface area contributed by atoms with Crippen LogP contribution in [0.15, 0.2) is 41.0 Å². The van der Waals surface area contributed by atoms with Gasteiger partial charge in [0.25, 0.3) is 0 Å². The summed E-state index contributed by atoms with van der Waals surface area (Å²) in [5.41, 5.74) is 3.31. The number of rotatable bonds is 3. The Kier molecular flexibility index (Phi) is 3.07. The van der Waals surface area contributed by atoms with Gasteiger partial charge in [0.1, 0.15) is 5.76 Å². The summed E-state index contributed by atoms with van der Waals surface area (Å²) >= 11 is 0. The first kappa shape index (κ1) is 10.5. The first-order valence-electron chi connectivity index (χ1n) is 5.38. The Labute approximate surface area is 95.1 Å². The van der Waals surface area contributed by atoms with Crippen molar-refractivity contribution in [3.63, 3.8) is 0 Å². The van der Waals surface area contributed by atoms with Gasteiger partial charge in [-0.1, -0.05) is 31.2 Å². The predicted molar refractivity (Wildman–Crippen MR) is 62.8 cm³/mol. The van der Waals surface area contributed by atoms with Gasteiger partial charge in [-0.15, -0.1) is 0 Å². The van der Waals surface area contributed by atoms with Crippen LogP contribution in [-0.4, -0.2) is 0 Å². The van der Waals surface area contributed by atoms with E-state index in [0.717, 1.165) is 23.3 Å². The van der Waals surface area contributed by atoms with Crippen LogP contribution >= 0.6 is 0 Å². The maximum atomic E-state index is 8.74. The SMILES string of the molecule is CCc1ccccc1-c1occc1CC#N. The fraction of sp³-hybridized carbons (Fsp3) is 0.214. The number of aryl methyl sites for hydroxylation is 1. The van der Waals surface area contributed by atoms with Gasteiger partial charge in [-0.2, -0.15) is 5.26 Å². The number of benzene rings is 1. The third-order valence-electron chi connectivity index (χ3n) is 2.66. The molecule has 1 aromatic heterocycles. The van der Waals surface area contributed by atoms with Gasteiger partial charge in [-0.3, -0.25) is 0 Å². The van der Waals surface area contributed by atoms with Crippen molar-refractivity contribution < 1.29 is 4.42 Å². The van der Waals surface area contributed by atoms with Crippen molar-refractivity contribution >= 4 is 0 Å². The first-order chi connectivity index (χ1) is 7.86. The van der Waals surface area contributed by atoms with Crippen molar-refractivity contribution in [3.05, 3.63) is 47.7 Å². The van der Waals surface area contributed by atoms with E-state index in [-0.39, 0.29) is 0 Å². The van der Waals surface area contributed by atoms with Crippen LogP contribution in [0.25, 0.3) is 11.3 Å². The second kappa shape index (κ2) is 4.67. The highest BCUT2D eigenvalue weighted by Crippen LogP contribution is 2.28. The largest absolute Gasteiger partial charge is 0.464 e. The molecule has 1 aromatic carbocycles. The molecule has 0 saturated carbocycles. The Bertz CT molecular complexity index is 520. The van der Waals surface area contributed by atoms with Gasteiger partial charge in [0.15, 0.2) is 0 Å².